The Kier molecular flexibility index (Phi) is 17.1. The van der Waals surface area contributed by atoms with Gasteiger partial charge in [-0.3, -0.25) is 0 Å². The molecule has 0 aromatic carbocycles. The van der Waals surface area contributed by atoms with Crippen molar-refractivity contribution in [2.24, 2.45) is 0 Å². The first-order valence-electron chi connectivity index (χ1n) is 1.75. The van der Waals surface area contributed by atoms with Crippen LogP contribution in [0.5, 0.6) is 0 Å². The average Bonchev–Trinajstić information content (AvgIpc) is 1.14. The Morgan fingerprint density at radius 2 is 0.917 bits per heavy atom. The van der Waals surface area contributed by atoms with E-state index in [1.165, 1.54) is 0 Å². The van der Waals surface area contributed by atoms with Crippen LogP contribution in [0.15, 0.2) is 0 Å². The zero-order valence-electron chi connectivity index (χ0n) is 4.09. The number of hydrogen-bond acceptors (Lipinski definition) is 7. The van der Waals surface area contributed by atoms with Crippen molar-refractivity contribution in [3.05, 3.63) is 0 Å². The van der Waals surface area contributed by atoms with Gasteiger partial charge in [0.15, 0.2) is 17.4 Å². The van der Waals surface area contributed by atoms with Crippen LogP contribution >= 0.6 is 0 Å². The minimum atomic E-state index is -4.98. The second-order valence-corrected chi connectivity index (χ2v) is 4.36. The Bertz CT molecular complexity index is 86.6. The van der Waals surface area contributed by atoms with E-state index in [1.807, 2.05) is 0 Å². The van der Waals surface area contributed by atoms with Gasteiger partial charge in [-0.05, 0) is 0 Å². The van der Waals surface area contributed by atoms with Gasteiger partial charge in [0.2, 0.25) is 0 Å². The maximum atomic E-state index is 7.94. The summed E-state index contributed by atoms with van der Waals surface area (Å²) in [5.41, 5.74) is 0. The molecule has 0 amide bonds. The fraction of sp³-hybridized carbons (Fsp3) is 0. The van der Waals surface area contributed by atoms with Crippen molar-refractivity contribution in [1.82, 2.24) is 0 Å². The fourth-order valence-electron chi connectivity index (χ4n) is 0.184. The van der Waals surface area contributed by atoms with E-state index in [0.717, 1.165) is 0 Å². The number of rotatable bonds is 2. The SMILES string of the molecule is B.O[Si](O)(O)O[Si](O)(O)O.[AlH3].[BaH2]. The van der Waals surface area contributed by atoms with E-state index >= 15 is 0 Å². The number of hydrogen-bond donors (Lipinski definition) is 6. The summed E-state index contributed by atoms with van der Waals surface area (Å²) in [5.74, 6) is 0. The quantitative estimate of drug-likeness (QED) is 0.271. The van der Waals surface area contributed by atoms with Crippen molar-refractivity contribution in [2.45, 2.75) is 0 Å². The molecular weight excluding hydrogens is 343 g/mol. The third-order valence-electron chi connectivity index (χ3n) is 0.274. The Labute approximate surface area is 124 Å². The standard InChI is InChI=1S/Al.BH3.Ba.H6O7Si2.5H/c;;;1-8(2,3)7-9(4,5)6;;;;;/h;1H3;;1-6H;;;;;. The van der Waals surface area contributed by atoms with Crippen LogP contribution in [0.3, 0.4) is 0 Å². The molecule has 0 saturated carbocycles. The zero-order chi connectivity index (χ0) is 7.71. The fourth-order valence-corrected chi connectivity index (χ4v) is 1.65. The van der Waals surface area contributed by atoms with E-state index in [2.05, 4.69) is 4.12 Å². The summed E-state index contributed by atoms with van der Waals surface area (Å²) in [5, 5.41) is 0. The van der Waals surface area contributed by atoms with Gasteiger partial charge in [-0.1, -0.05) is 0 Å². The van der Waals surface area contributed by atoms with Gasteiger partial charge in [0, 0.05) is 0 Å². The van der Waals surface area contributed by atoms with Crippen LogP contribution in [0.1, 0.15) is 0 Å². The van der Waals surface area contributed by atoms with E-state index in [4.69, 9.17) is 28.8 Å². The van der Waals surface area contributed by atoms with Crippen LogP contribution in [-0.4, -0.2) is 122 Å². The third kappa shape index (κ3) is 22.8. The van der Waals surface area contributed by atoms with Crippen molar-refractivity contribution in [2.75, 3.05) is 0 Å². The predicted molar refractivity (Wildman–Crippen MR) is 54.3 cm³/mol. The summed E-state index contributed by atoms with van der Waals surface area (Å²) in [6, 6.07) is 0. The molecule has 12 heteroatoms. The second kappa shape index (κ2) is 8.62. The molecule has 72 valence electrons. The molecule has 0 aromatic rings. The summed E-state index contributed by atoms with van der Waals surface area (Å²) >= 11 is 0. The normalized spacial score (nSPS) is 10.5. The van der Waals surface area contributed by atoms with Crippen LogP contribution < -0.4 is 0 Å². The van der Waals surface area contributed by atoms with E-state index < -0.39 is 18.1 Å². The molecule has 6 N–H and O–H groups in total. The van der Waals surface area contributed by atoms with Gasteiger partial charge in [0.1, 0.15) is 0 Å². The molecule has 0 spiro atoms. The Morgan fingerprint density at radius 1 is 0.750 bits per heavy atom. The van der Waals surface area contributed by atoms with Gasteiger partial charge in [-0.25, -0.2) is 0 Å². The molecule has 0 unspecified atom stereocenters. The van der Waals surface area contributed by atoms with Crippen LogP contribution in [0, 0.1) is 0 Å². The van der Waals surface area contributed by atoms with Crippen LogP contribution in [0.4, 0.5) is 0 Å². The Morgan fingerprint density at radius 3 is 0.917 bits per heavy atom. The van der Waals surface area contributed by atoms with Crippen molar-refractivity contribution < 1.29 is 32.9 Å². The summed E-state index contributed by atoms with van der Waals surface area (Å²) in [4.78, 5) is 47.6. The van der Waals surface area contributed by atoms with E-state index in [9.17, 15) is 0 Å². The molecule has 7 nitrogen and oxygen atoms in total. The molecule has 0 atom stereocenters. The Balaban J connectivity index is -0.000000107. The molecule has 0 radical (unpaired) electrons. The van der Waals surface area contributed by atoms with Gasteiger partial charge in [-0.2, -0.15) is 0 Å². The third-order valence-corrected chi connectivity index (χ3v) is 2.46. The molecule has 0 aliphatic carbocycles. The molecule has 0 bridgehead atoms. The van der Waals surface area contributed by atoms with Crippen molar-refractivity contribution in [3.63, 3.8) is 0 Å². The molecule has 0 aromatic heterocycles. The predicted octanol–water partition coefficient (Wildman–Crippen LogP) is -7.46. The molecule has 0 aliphatic rings. The zero-order valence-corrected chi connectivity index (χ0v) is 6.09. The average molecular weight is 357 g/mol. The molecule has 0 heterocycles. The van der Waals surface area contributed by atoms with Crippen LogP contribution in [0.25, 0.3) is 0 Å². The van der Waals surface area contributed by atoms with Gasteiger partial charge in [0.05, 0.1) is 8.41 Å². The van der Waals surface area contributed by atoms with Gasteiger partial charge in [-0.15, -0.1) is 0 Å². The first-order chi connectivity index (χ1) is 3.71. The second-order valence-electron chi connectivity index (χ2n) is 1.25. The summed E-state index contributed by atoms with van der Waals surface area (Å²) in [6.45, 7) is 0. The molecule has 0 aliphatic heterocycles. The molecule has 0 rings (SSSR count). The summed E-state index contributed by atoms with van der Waals surface area (Å²) < 4.78 is 3.24. The van der Waals surface area contributed by atoms with Crippen molar-refractivity contribution in [3.8, 4) is 0 Å². The maximum absolute atomic E-state index is 7.94. The Hall–Kier alpha value is 2.32. The molecule has 12 heavy (non-hydrogen) atoms. The summed E-state index contributed by atoms with van der Waals surface area (Å²) in [6.07, 6.45) is 0. The van der Waals surface area contributed by atoms with Crippen LogP contribution in [-0.2, 0) is 4.12 Å². The molecule has 0 fully saturated rings. The van der Waals surface area contributed by atoms with Crippen molar-refractivity contribution in [1.29, 1.82) is 0 Å². The molecule has 0 saturated heterocycles. The topological polar surface area (TPSA) is 131 Å². The van der Waals surface area contributed by atoms with Crippen molar-refractivity contribution >= 4 is 92.8 Å². The van der Waals surface area contributed by atoms with Gasteiger partial charge < -0.3 is 32.9 Å². The minimum absolute atomic E-state index is 0. The summed E-state index contributed by atoms with van der Waals surface area (Å²) in [7, 11) is -9.96. The van der Waals surface area contributed by atoms with E-state index in [0.29, 0.717) is 0 Å². The monoisotopic (exact) mass is 358 g/mol. The van der Waals surface area contributed by atoms with Crippen LogP contribution in [0.2, 0.25) is 0 Å². The first kappa shape index (κ1) is 23.9. The van der Waals surface area contributed by atoms with Gasteiger partial charge in [0.25, 0.3) is 0 Å². The van der Waals surface area contributed by atoms with Gasteiger partial charge >= 0.3 is 67.0 Å². The van der Waals surface area contributed by atoms with E-state index in [-0.39, 0.29) is 74.7 Å². The first-order valence-corrected chi connectivity index (χ1v) is 5.25. The van der Waals surface area contributed by atoms with E-state index in [1.54, 1.807) is 0 Å². The molecular formula is H14AlBBaO7Si2.